The summed E-state index contributed by atoms with van der Waals surface area (Å²) in [4.78, 5) is 20.3. The summed E-state index contributed by atoms with van der Waals surface area (Å²) in [7, 11) is 0. The standard InChI is InChI=1S/C16H18N4O/c1-10(2)16-15-12(7-8-20(16)14(21)9-18-17)11-5-3-4-6-13(11)19-15/h3-6,9-10,16,19H,7-8H2,1-2H3. The summed E-state index contributed by atoms with van der Waals surface area (Å²) >= 11 is 0. The van der Waals surface area contributed by atoms with Crippen molar-refractivity contribution in [2.24, 2.45) is 5.92 Å². The van der Waals surface area contributed by atoms with Crippen molar-refractivity contribution in [1.29, 1.82) is 0 Å². The smallest absolute Gasteiger partial charge is 0.344 e. The summed E-state index contributed by atoms with van der Waals surface area (Å²) in [6.07, 6.45) is 1.79. The molecule has 2 heterocycles. The van der Waals surface area contributed by atoms with Crippen LogP contribution in [-0.2, 0) is 11.2 Å². The second-order valence-corrected chi connectivity index (χ2v) is 5.78. The molecule has 1 amide bonds. The Morgan fingerprint density at radius 1 is 1.48 bits per heavy atom. The second-order valence-electron chi connectivity index (χ2n) is 5.78. The van der Waals surface area contributed by atoms with Crippen molar-refractivity contribution >= 4 is 23.0 Å². The minimum Gasteiger partial charge on any atom is -0.361 e. The van der Waals surface area contributed by atoms with Crippen LogP contribution in [0.2, 0.25) is 0 Å². The molecule has 1 atom stereocenters. The fourth-order valence-electron chi connectivity index (χ4n) is 3.33. The fraction of sp³-hybridized carbons (Fsp3) is 0.375. The van der Waals surface area contributed by atoms with Gasteiger partial charge in [0.1, 0.15) is 0 Å². The third-order valence-electron chi connectivity index (χ3n) is 4.16. The number of amides is 1. The summed E-state index contributed by atoms with van der Waals surface area (Å²) in [5.41, 5.74) is 12.1. The lowest BCUT2D eigenvalue weighted by Crippen LogP contribution is -2.42. The van der Waals surface area contributed by atoms with Crippen LogP contribution in [0, 0.1) is 5.92 Å². The van der Waals surface area contributed by atoms with E-state index in [0.29, 0.717) is 6.54 Å². The molecule has 3 rings (SSSR count). The number of rotatable bonds is 2. The molecule has 21 heavy (non-hydrogen) atoms. The quantitative estimate of drug-likeness (QED) is 0.513. The number of nitrogens with zero attached hydrogens (tertiary/aromatic N) is 3. The van der Waals surface area contributed by atoms with Gasteiger partial charge in [-0.3, -0.25) is 4.79 Å². The molecule has 0 aliphatic carbocycles. The number of hydrogen-bond acceptors (Lipinski definition) is 1. The molecule has 0 saturated carbocycles. The van der Waals surface area contributed by atoms with Gasteiger partial charge < -0.3 is 15.4 Å². The molecule has 2 aromatic rings. The fourth-order valence-corrected chi connectivity index (χ4v) is 3.33. The first-order valence-electron chi connectivity index (χ1n) is 7.21. The summed E-state index contributed by atoms with van der Waals surface area (Å²) in [5.74, 6) is 0.0219. The molecule has 1 aromatic heterocycles. The number of H-pyrrole nitrogens is 1. The molecule has 0 spiro atoms. The van der Waals surface area contributed by atoms with E-state index in [1.165, 1.54) is 10.9 Å². The number of carbonyl (C=O) groups is 1. The Morgan fingerprint density at radius 2 is 2.24 bits per heavy atom. The van der Waals surface area contributed by atoms with Crippen molar-refractivity contribution in [1.82, 2.24) is 9.88 Å². The molecule has 1 aliphatic rings. The zero-order chi connectivity index (χ0) is 15.0. The molecule has 0 bridgehead atoms. The summed E-state index contributed by atoms with van der Waals surface area (Å²) < 4.78 is 0. The maximum absolute atomic E-state index is 12.1. The van der Waals surface area contributed by atoms with Gasteiger partial charge in [-0.25, -0.2) is 0 Å². The number of aromatic nitrogens is 1. The van der Waals surface area contributed by atoms with Crippen molar-refractivity contribution in [3.05, 3.63) is 41.1 Å². The Balaban J connectivity index is 2.13. The van der Waals surface area contributed by atoms with Crippen molar-refractivity contribution in [2.45, 2.75) is 26.3 Å². The molecule has 0 fully saturated rings. The number of benzene rings is 1. The van der Waals surface area contributed by atoms with E-state index in [2.05, 4.69) is 35.8 Å². The van der Waals surface area contributed by atoms with Crippen LogP contribution in [0.3, 0.4) is 0 Å². The van der Waals surface area contributed by atoms with Gasteiger partial charge in [-0.15, -0.1) is 0 Å². The number of nitrogens with one attached hydrogen (secondary N) is 1. The van der Waals surface area contributed by atoms with Crippen LogP contribution < -0.4 is 0 Å². The third kappa shape index (κ3) is 2.16. The summed E-state index contributed by atoms with van der Waals surface area (Å²) in [6.45, 7) is 4.84. The first-order chi connectivity index (χ1) is 10.1. The SMILES string of the molecule is CC(C)C1c2[nH]c3ccccc3c2CCN1C(=O)C=[N+]=[N-]. The highest BCUT2D eigenvalue weighted by atomic mass is 16.2. The first-order valence-corrected chi connectivity index (χ1v) is 7.21. The summed E-state index contributed by atoms with van der Waals surface area (Å²) in [6, 6.07) is 8.21. The Kier molecular flexibility index (Phi) is 3.35. The lowest BCUT2D eigenvalue weighted by molar-refractivity contribution is -0.131. The van der Waals surface area contributed by atoms with Crippen LogP contribution in [0.15, 0.2) is 24.3 Å². The predicted molar refractivity (Wildman–Crippen MR) is 81.0 cm³/mol. The van der Waals surface area contributed by atoms with Gasteiger partial charge in [-0.1, -0.05) is 32.0 Å². The molecule has 1 aromatic carbocycles. The Hall–Kier alpha value is -2.39. The molecule has 0 saturated heterocycles. The maximum atomic E-state index is 12.1. The molecule has 108 valence electrons. The molecule has 1 aliphatic heterocycles. The van der Waals surface area contributed by atoms with Crippen LogP contribution in [0.4, 0.5) is 0 Å². The molecule has 1 N–H and O–H groups in total. The third-order valence-corrected chi connectivity index (χ3v) is 4.16. The van der Waals surface area contributed by atoms with Crippen LogP contribution in [0.5, 0.6) is 0 Å². The zero-order valence-electron chi connectivity index (χ0n) is 12.2. The predicted octanol–water partition coefficient (Wildman–Crippen LogP) is 2.55. The highest BCUT2D eigenvalue weighted by molar-refractivity contribution is 6.24. The highest BCUT2D eigenvalue weighted by Gasteiger charge is 2.35. The summed E-state index contributed by atoms with van der Waals surface area (Å²) in [5, 5.41) is 1.24. The van der Waals surface area contributed by atoms with Crippen LogP contribution in [0.25, 0.3) is 16.4 Å². The lowest BCUT2D eigenvalue weighted by atomic mass is 9.90. The van der Waals surface area contributed by atoms with Gasteiger partial charge >= 0.3 is 12.1 Å². The van der Waals surface area contributed by atoms with Crippen LogP contribution in [0.1, 0.15) is 31.1 Å². The van der Waals surface area contributed by atoms with Gasteiger partial charge in [-0.05, 0) is 24.0 Å². The van der Waals surface area contributed by atoms with Gasteiger partial charge in [0.25, 0.3) is 0 Å². The largest absolute Gasteiger partial charge is 0.361 e. The Labute approximate surface area is 123 Å². The highest BCUT2D eigenvalue weighted by Crippen LogP contribution is 2.38. The topological polar surface area (TPSA) is 72.5 Å². The van der Waals surface area contributed by atoms with E-state index >= 15 is 0 Å². The average molecular weight is 282 g/mol. The van der Waals surface area contributed by atoms with Crippen molar-refractivity contribution in [2.75, 3.05) is 6.54 Å². The first kappa shape index (κ1) is 13.6. The normalized spacial score (nSPS) is 17.7. The zero-order valence-corrected chi connectivity index (χ0v) is 12.2. The van der Waals surface area contributed by atoms with Crippen molar-refractivity contribution < 1.29 is 9.58 Å². The minimum atomic E-state index is -0.250. The Bertz CT molecular complexity index is 740. The van der Waals surface area contributed by atoms with E-state index in [-0.39, 0.29) is 17.9 Å². The van der Waals surface area contributed by atoms with Crippen LogP contribution in [-0.4, -0.2) is 33.3 Å². The number of hydrogen-bond donors (Lipinski definition) is 1. The molecule has 0 radical (unpaired) electrons. The molecule has 5 heteroatoms. The lowest BCUT2D eigenvalue weighted by Gasteiger charge is -2.36. The molecule has 1 unspecified atom stereocenters. The minimum absolute atomic E-state index is 0.0216. The van der Waals surface area contributed by atoms with E-state index in [0.717, 1.165) is 23.8 Å². The van der Waals surface area contributed by atoms with E-state index < -0.39 is 0 Å². The number of fused-ring (bicyclic) bond motifs is 3. The maximum Gasteiger partial charge on any atom is 0.344 e. The van der Waals surface area contributed by atoms with E-state index in [1.54, 1.807) is 4.90 Å². The number of carbonyl (C=O) groups excluding carboxylic acids is 1. The monoisotopic (exact) mass is 282 g/mol. The van der Waals surface area contributed by atoms with Crippen LogP contribution >= 0.6 is 0 Å². The van der Waals surface area contributed by atoms with E-state index in [4.69, 9.17) is 5.53 Å². The number of aromatic amines is 1. The Morgan fingerprint density at radius 3 is 2.95 bits per heavy atom. The van der Waals surface area contributed by atoms with E-state index in [1.807, 2.05) is 12.1 Å². The van der Waals surface area contributed by atoms with Gasteiger partial charge in [0.15, 0.2) is 0 Å². The van der Waals surface area contributed by atoms with E-state index in [9.17, 15) is 4.79 Å². The molecular weight excluding hydrogens is 264 g/mol. The van der Waals surface area contributed by atoms with Gasteiger partial charge in [0, 0.05) is 23.1 Å². The molecular formula is C16H18N4O. The number of para-hydroxylation sites is 1. The van der Waals surface area contributed by atoms with Crippen molar-refractivity contribution in [3.63, 3.8) is 0 Å². The molecule has 5 nitrogen and oxygen atoms in total. The van der Waals surface area contributed by atoms with Gasteiger partial charge in [0.2, 0.25) is 0 Å². The van der Waals surface area contributed by atoms with Gasteiger partial charge in [0.05, 0.1) is 6.04 Å². The van der Waals surface area contributed by atoms with Gasteiger partial charge in [-0.2, -0.15) is 4.79 Å². The second kappa shape index (κ2) is 5.19. The average Bonchev–Trinajstić information content (AvgIpc) is 2.84. The van der Waals surface area contributed by atoms with Crippen molar-refractivity contribution in [3.8, 4) is 0 Å².